The minimum Gasteiger partial charge on any atom is -0.462 e. The van der Waals surface area contributed by atoms with Crippen LogP contribution in [0.2, 0.25) is 0 Å². The van der Waals surface area contributed by atoms with Crippen LogP contribution >= 0.6 is 0 Å². The van der Waals surface area contributed by atoms with Crippen LogP contribution in [-0.4, -0.2) is 30.4 Å². The summed E-state index contributed by atoms with van der Waals surface area (Å²) in [6, 6.07) is 6.53. The maximum Gasteiger partial charge on any atom is 0.340 e. The van der Waals surface area contributed by atoms with Crippen LogP contribution < -0.4 is 10.6 Å². The molecule has 4 bridgehead atoms. The first-order valence-corrected chi connectivity index (χ1v) is 10.8. The first-order chi connectivity index (χ1) is 13.9. The highest BCUT2D eigenvalue weighted by Gasteiger charge is 2.53. The molecule has 0 aromatic heterocycles. The summed E-state index contributed by atoms with van der Waals surface area (Å²) in [5.74, 6) is 0.429. The van der Waals surface area contributed by atoms with E-state index in [2.05, 4.69) is 10.6 Å². The van der Waals surface area contributed by atoms with Crippen LogP contribution in [0.5, 0.6) is 0 Å². The van der Waals surface area contributed by atoms with E-state index in [4.69, 9.17) is 4.74 Å². The molecule has 4 aliphatic rings. The van der Waals surface area contributed by atoms with Crippen LogP contribution in [0, 0.1) is 23.2 Å². The fourth-order valence-corrected chi connectivity index (χ4v) is 6.28. The van der Waals surface area contributed by atoms with E-state index >= 15 is 0 Å². The number of amides is 2. The molecule has 1 atom stereocenters. The predicted molar refractivity (Wildman–Crippen MR) is 109 cm³/mol. The third-order valence-electron chi connectivity index (χ3n) is 7.23. The van der Waals surface area contributed by atoms with Crippen molar-refractivity contribution in [2.45, 2.75) is 58.4 Å². The monoisotopic (exact) mass is 398 g/mol. The van der Waals surface area contributed by atoms with E-state index in [-0.39, 0.29) is 29.3 Å². The zero-order chi connectivity index (χ0) is 20.6. The van der Waals surface area contributed by atoms with E-state index in [1.807, 2.05) is 6.92 Å². The second-order valence-electron chi connectivity index (χ2n) is 9.20. The first kappa shape index (κ1) is 19.9. The first-order valence-electron chi connectivity index (χ1n) is 10.8. The fraction of sp³-hybridized carbons (Fsp3) is 0.609. The van der Waals surface area contributed by atoms with E-state index in [9.17, 15) is 14.4 Å². The van der Waals surface area contributed by atoms with Crippen molar-refractivity contribution >= 4 is 23.5 Å². The quantitative estimate of drug-likeness (QED) is 0.587. The van der Waals surface area contributed by atoms with Crippen LogP contribution in [0.1, 0.15) is 62.7 Å². The van der Waals surface area contributed by atoms with E-state index < -0.39 is 17.8 Å². The molecular formula is C23H30N2O4. The Morgan fingerprint density at radius 1 is 1.03 bits per heavy atom. The van der Waals surface area contributed by atoms with Crippen LogP contribution in [0.4, 0.5) is 5.69 Å². The summed E-state index contributed by atoms with van der Waals surface area (Å²) in [7, 11) is 0. The second kappa shape index (κ2) is 7.81. The van der Waals surface area contributed by atoms with E-state index in [0.717, 1.165) is 37.0 Å². The third-order valence-corrected chi connectivity index (χ3v) is 7.23. The van der Waals surface area contributed by atoms with Gasteiger partial charge in [0, 0.05) is 6.04 Å². The summed E-state index contributed by atoms with van der Waals surface area (Å²) < 4.78 is 5.02. The smallest absolute Gasteiger partial charge is 0.340 e. The molecule has 0 radical (unpaired) electrons. The van der Waals surface area contributed by atoms with Gasteiger partial charge in [0.2, 0.25) is 0 Å². The summed E-state index contributed by atoms with van der Waals surface area (Å²) in [6.07, 6.45) is 7.50. The van der Waals surface area contributed by atoms with Crippen molar-refractivity contribution in [3.05, 3.63) is 29.8 Å². The molecule has 1 aromatic rings. The Morgan fingerprint density at radius 3 is 2.21 bits per heavy atom. The Kier molecular flexibility index (Phi) is 5.36. The standard InChI is InChI=1S/C23H30N2O4/c1-3-29-22(28)18-6-4-5-7-19(18)25-21(27)20(26)24-14(2)23-11-15-8-16(12-23)10-17(9-15)13-23/h4-7,14-17H,3,8-13H2,1-2H3,(H,24,26)(H,25,27). The molecule has 4 saturated carbocycles. The topological polar surface area (TPSA) is 84.5 Å². The molecule has 4 fully saturated rings. The Bertz CT molecular complexity index is 784. The molecule has 4 aliphatic carbocycles. The van der Waals surface area contributed by atoms with E-state index in [1.54, 1.807) is 31.2 Å². The van der Waals surface area contributed by atoms with Crippen molar-refractivity contribution < 1.29 is 19.1 Å². The Hall–Kier alpha value is -2.37. The average molecular weight is 399 g/mol. The van der Waals surface area contributed by atoms with Gasteiger partial charge in [0.15, 0.2) is 0 Å². The number of anilines is 1. The molecule has 156 valence electrons. The van der Waals surface area contributed by atoms with Gasteiger partial charge in [-0.15, -0.1) is 0 Å². The van der Waals surface area contributed by atoms with Crippen molar-refractivity contribution in [2.24, 2.45) is 23.2 Å². The van der Waals surface area contributed by atoms with E-state index in [0.29, 0.717) is 0 Å². The lowest BCUT2D eigenvalue weighted by molar-refractivity contribution is -0.138. The number of rotatable bonds is 5. The molecule has 6 heteroatoms. The lowest BCUT2D eigenvalue weighted by atomic mass is 9.48. The van der Waals surface area contributed by atoms with Crippen molar-refractivity contribution in [1.82, 2.24) is 5.32 Å². The van der Waals surface area contributed by atoms with Gasteiger partial charge in [-0.1, -0.05) is 12.1 Å². The molecule has 2 N–H and O–H groups in total. The largest absolute Gasteiger partial charge is 0.462 e. The Balaban J connectivity index is 1.41. The van der Waals surface area contributed by atoms with Gasteiger partial charge >= 0.3 is 17.8 Å². The molecule has 1 aromatic carbocycles. The Labute approximate surface area is 171 Å². The maximum absolute atomic E-state index is 12.6. The average Bonchev–Trinajstić information content (AvgIpc) is 2.67. The number of hydrogen-bond acceptors (Lipinski definition) is 4. The number of hydrogen-bond donors (Lipinski definition) is 2. The second-order valence-corrected chi connectivity index (χ2v) is 9.20. The lowest BCUT2D eigenvalue weighted by Gasteiger charge is -2.59. The number of esters is 1. The molecule has 1 unspecified atom stereocenters. The van der Waals surface area contributed by atoms with Crippen LogP contribution in [0.15, 0.2) is 24.3 Å². The predicted octanol–water partition coefficient (Wildman–Crippen LogP) is 3.52. The van der Waals surface area contributed by atoms with Gasteiger partial charge in [0.05, 0.1) is 17.9 Å². The summed E-state index contributed by atoms with van der Waals surface area (Å²) in [5, 5.41) is 5.54. The molecule has 0 saturated heterocycles. The summed E-state index contributed by atoms with van der Waals surface area (Å²) in [4.78, 5) is 37.2. The highest BCUT2D eigenvalue weighted by Crippen LogP contribution is 2.61. The SMILES string of the molecule is CCOC(=O)c1ccccc1NC(=O)C(=O)NC(C)C12CC3CC(CC(C3)C1)C2. The van der Waals surface area contributed by atoms with Gasteiger partial charge in [-0.25, -0.2) is 4.79 Å². The molecule has 29 heavy (non-hydrogen) atoms. The zero-order valence-corrected chi connectivity index (χ0v) is 17.2. The fourth-order valence-electron chi connectivity index (χ4n) is 6.28. The maximum atomic E-state index is 12.6. The Morgan fingerprint density at radius 2 is 1.62 bits per heavy atom. The molecule has 0 spiro atoms. The molecule has 2 amide bonds. The number of carbonyl (C=O) groups is 3. The number of benzene rings is 1. The highest BCUT2D eigenvalue weighted by atomic mass is 16.5. The summed E-state index contributed by atoms with van der Waals surface area (Å²) in [6.45, 7) is 4.01. The molecule has 6 nitrogen and oxygen atoms in total. The van der Waals surface area contributed by atoms with Gasteiger partial charge in [-0.2, -0.15) is 0 Å². The number of nitrogens with one attached hydrogen (secondary N) is 2. The van der Waals surface area contributed by atoms with Crippen molar-refractivity contribution in [3.8, 4) is 0 Å². The molecule has 0 heterocycles. The van der Waals surface area contributed by atoms with Crippen molar-refractivity contribution in [3.63, 3.8) is 0 Å². The molecule has 5 rings (SSSR count). The van der Waals surface area contributed by atoms with Crippen molar-refractivity contribution in [2.75, 3.05) is 11.9 Å². The van der Waals surface area contributed by atoms with Crippen LogP contribution in [0.3, 0.4) is 0 Å². The normalized spacial score (nSPS) is 30.5. The van der Waals surface area contributed by atoms with Crippen LogP contribution in [-0.2, 0) is 14.3 Å². The number of para-hydroxylation sites is 1. The third kappa shape index (κ3) is 3.89. The summed E-state index contributed by atoms with van der Waals surface area (Å²) >= 11 is 0. The number of ether oxygens (including phenoxy) is 1. The molecule has 0 aliphatic heterocycles. The molecular weight excluding hydrogens is 368 g/mol. The van der Waals surface area contributed by atoms with Gasteiger partial charge in [0.1, 0.15) is 0 Å². The van der Waals surface area contributed by atoms with Crippen LogP contribution in [0.25, 0.3) is 0 Å². The highest BCUT2D eigenvalue weighted by molar-refractivity contribution is 6.40. The minimum absolute atomic E-state index is 0.0329. The van der Waals surface area contributed by atoms with Crippen molar-refractivity contribution in [1.29, 1.82) is 0 Å². The van der Waals surface area contributed by atoms with Gasteiger partial charge in [-0.05, 0) is 87.7 Å². The number of carbonyl (C=O) groups excluding carboxylic acids is 3. The van der Waals surface area contributed by atoms with Gasteiger partial charge < -0.3 is 15.4 Å². The van der Waals surface area contributed by atoms with E-state index in [1.165, 1.54) is 19.3 Å². The van der Waals surface area contributed by atoms with Gasteiger partial charge in [0.25, 0.3) is 0 Å². The summed E-state index contributed by atoms with van der Waals surface area (Å²) in [5.41, 5.74) is 0.659. The minimum atomic E-state index is -0.752. The lowest BCUT2D eigenvalue weighted by Crippen LogP contribution is -2.57. The zero-order valence-electron chi connectivity index (χ0n) is 17.2. The van der Waals surface area contributed by atoms with Gasteiger partial charge in [-0.3, -0.25) is 9.59 Å².